The number of carbonyl (C=O) groups is 2. The van der Waals surface area contributed by atoms with Gasteiger partial charge in [0, 0.05) is 51.5 Å². The van der Waals surface area contributed by atoms with Crippen LogP contribution in [0.2, 0.25) is 0 Å². The summed E-state index contributed by atoms with van der Waals surface area (Å²) in [6.07, 6.45) is 7.03. The van der Waals surface area contributed by atoms with Crippen molar-refractivity contribution in [3.8, 4) is 0 Å². The van der Waals surface area contributed by atoms with E-state index in [0.29, 0.717) is 19.6 Å². The van der Waals surface area contributed by atoms with Crippen molar-refractivity contribution in [3.05, 3.63) is 30.1 Å². The van der Waals surface area contributed by atoms with E-state index in [1.807, 2.05) is 26.1 Å². The average Bonchev–Trinajstić information content (AvgIpc) is 2.79. The van der Waals surface area contributed by atoms with E-state index in [2.05, 4.69) is 24.1 Å². The summed E-state index contributed by atoms with van der Waals surface area (Å²) in [5, 5.41) is 14.7. The van der Waals surface area contributed by atoms with Gasteiger partial charge in [0.1, 0.15) is 0 Å². The van der Waals surface area contributed by atoms with Crippen LogP contribution in [-0.2, 0) is 20.9 Å². The zero-order valence-electron chi connectivity index (χ0n) is 20.8. The summed E-state index contributed by atoms with van der Waals surface area (Å²) < 4.78 is 5.03. The molecule has 2 N–H and O–H groups in total. The smallest absolute Gasteiger partial charge is 0.225 e. The molecule has 0 radical (unpaired) electrons. The minimum atomic E-state index is -0.567. The van der Waals surface area contributed by atoms with Crippen molar-refractivity contribution in [2.45, 2.75) is 71.6 Å². The Morgan fingerprint density at radius 2 is 2.09 bits per heavy atom. The van der Waals surface area contributed by atoms with Crippen LogP contribution in [0.5, 0.6) is 0 Å². The van der Waals surface area contributed by atoms with Crippen molar-refractivity contribution in [2.24, 2.45) is 29.1 Å². The highest BCUT2D eigenvalue weighted by Gasteiger charge is 2.54. The molecule has 7 atom stereocenters. The first kappa shape index (κ1) is 25.6. The van der Waals surface area contributed by atoms with Crippen molar-refractivity contribution < 1.29 is 19.4 Å². The second-order valence-electron chi connectivity index (χ2n) is 10.5. The van der Waals surface area contributed by atoms with Crippen LogP contribution >= 0.6 is 0 Å². The molecule has 7 nitrogen and oxygen atoms in total. The molecule has 184 valence electrons. The Bertz CT molecular complexity index is 804. The molecule has 2 saturated carbocycles. The first-order valence-electron chi connectivity index (χ1n) is 12.3. The van der Waals surface area contributed by atoms with Gasteiger partial charge in [-0.25, -0.2) is 0 Å². The maximum Gasteiger partial charge on any atom is 0.225 e. The molecule has 2 aliphatic carbocycles. The van der Waals surface area contributed by atoms with Gasteiger partial charge in [-0.3, -0.25) is 14.6 Å². The third-order valence-electron chi connectivity index (χ3n) is 8.32. The summed E-state index contributed by atoms with van der Waals surface area (Å²) in [6, 6.07) is 3.88. The molecular formula is C26H41N3O4. The Morgan fingerprint density at radius 1 is 1.36 bits per heavy atom. The fourth-order valence-corrected chi connectivity index (χ4v) is 6.35. The average molecular weight is 460 g/mol. The molecule has 1 aromatic rings. The van der Waals surface area contributed by atoms with Crippen LogP contribution in [0.25, 0.3) is 0 Å². The van der Waals surface area contributed by atoms with E-state index < -0.39 is 6.10 Å². The second kappa shape index (κ2) is 11.0. The molecular weight excluding hydrogens is 418 g/mol. The van der Waals surface area contributed by atoms with E-state index in [-0.39, 0.29) is 46.9 Å². The molecule has 2 aliphatic rings. The zero-order valence-corrected chi connectivity index (χ0v) is 20.8. The van der Waals surface area contributed by atoms with Crippen LogP contribution in [-0.4, -0.2) is 59.7 Å². The van der Waals surface area contributed by atoms with Crippen LogP contribution in [0.15, 0.2) is 24.5 Å². The van der Waals surface area contributed by atoms with Crippen LogP contribution in [0.4, 0.5) is 0 Å². The standard InChI is InChI=1S/C26H41N3O4/c1-17(25(32)29(4)16-19-7-6-13-27-15-19)20-8-11-26(3)12-9-21(18(2)23(26)24(20)31)28-22(30)10-14-33-5/h6-7,13,15,17-18,20-21,23-24,31H,8-12,14,16H2,1-5H3,(H,28,30). The first-order chi connectivity index (χ1) is 15.7. The van der Waals surface area contributed by atoms with Gasteiger partial charge < -0.3 is 20.1 Å². The number of carbonyl (C=O) groups excluding carboxylic acids is 2. The SMILES string of the molecule is COCCC(=O)NC1CCC2(C)CCC(C(C)C(=O)N(C)Cc3cccnc3)C(O)C2C1C. The number of aliphatic hydroxyl groups is 1. The highest BCUT2D eigenvalue weighted by Crippen LogP contribution is 2.55. The topological polar surface area (TPSA) is 91.8 Å². The number of aromatic nitrogens is 1. The fourth-order valence-electron chi connectivity index (χ4n) is 6.35. The van der Waals surface area contributed by atoms with Gasteiger partial charge in [0.25, 0.3) is 0 Å². The van der Waals surface area contributed by atoms with Crippen molar-refractivity contribution in [1.82, 2.24) is 15.2 Å². The minimum Gasteiger partial charge on any atom is -0.392 e. The quantitative estimate of drug-likeness (QED) is 0.624. The normalized spacial score (nSPS) is 32.5. The number of nitrogens with zero attached hydrogens (tertiary/aromatic N) is 2. The van der Waals surface area contributed by atoms with E-state index in [1.54, 1.807) is 24.4 Å². The van der Waals surface area contributed by atoms with Gasteiger partial charge >= 0.3 is 0 Å². The van der Waals surface area contributed by atoms with E-state index >= 15 is 0 Å². The summed E-state index contributed by atoms with van der Waals surface area (Å²) in [5.74, 6) is -0.105. The largest absolute Gasteiger partial charge is 0.392 e. The van der Waals surface area contributed by atoms with E-state index in [0.717, 1.165) is 31.2 Å². The molecule has 0 bridgehead atoms. The van der Waals surface area contributed by atoms with Crippen molar-refractivity contribution in [1.29, 1.82) is 0 Å². The Morgan fingerprint density at radius 3 is 2.76 bits per heavy atom. The molecule has 1 aromatic heterocycles. The number of pyridine rings is 1. The second-order valence-corrected chi connectivity index (χ2v) is 10.5. The molecule has 0 saturated heterocycles. The monoisotopic (exact) mass is 459 g/mol. The number of methoxy groups -OCH3 is 1. The van der Waals surface area contributed by atoms with Gasteiger partial charge in [-0.15, -0.1) is 0 Å². The molecule has 2 fully saturated rings. The number of fused-ring (bicyclic) bond motifs is 1. The van der Waals surface area contributed by atoms with Crippen LogP contribution < -0.4 is 5.32 Å². The number of nitrogens with one attached hydrogen (secondary N) is 1. The van der Waals surface area contributed by atoms with Gasteiger partial charge in [0.2, 0.25) is 11.8 Å². The predicted octanol–water partition coefficient (Wildman–Crippen LogP) is 3.02. The number of hydrogen-bond donors (Lipinski definition) is 2. The molecule has 1 heterocycles. The van der Waals surface area contributed by atoms with Gasteiger partial charge in [-0.05, 0) is 60.5 Å². The highest BCUT2D eigenvalue weighted by molar-refractivity contribution is 5.78. The van der Waals surface area contributed by atoms with E-state index in [4.69, 9.17) is 4.74 Å². The third-order valence-corrected chi connectivity index (χ3v) is 8.32. The Labute approximate surface area is 198 Å². The summed E-state index contributed by atoms with van der Waals surface area (Å²) in [4.78, 5) is 31.4. The fraction of sp³-hybridized carbons (Fsp3) is 0.731. The number of hydrogen-bond acceptors (Lipinski definition) is 5. The summed E-state index contributed by atoms with van der Waals surface area (Å²) in [6.45, 7) is 7.29. The molecule has 7 heteroatoms. The Balaban J connectivity index is 1.68. The van der Waals surface area contributed by atoms with E-state index in [9.17, 15) is 14.7 Å². The maximum atomic E-state index is 13.2. The lowest BCUT2D eigenvalue weighted by molar-refractivity contribution is -0.150. The number of rotatable bonds is 8. The van der Waals surface area contributed by atoms with Gasteiger partial charge in [0.05, 0.1) is 12.7 Å². The highest BCUT2D eigenvalue weighted by atomic mass is 16.5. The van der Waals surface area contributed by atoms with Crippen LogP contribution in [0.3, 0.4) is 0 Å². The molecule has 7 unspecified atom stereocenters. The molecule has 0 aromatic carbocycles. The number of ether oxygens (including phenoxy) is 1. The maximum absolute atomic E-state index is 13.2. The minimum absolute atomic E-state index is 0.000255. The lowest BCUT2D eigenvalue weighted by Crippen LogP contribution is -2.58. The van der Waals surface area contributed by atoms with Crippen molar-refractivity contribution in [2.75, 3.05) is 20.8 Å². The van der Waals surface area contributed by atoms with Gasteiger partial charge in [-0.1, -0.05) is 26.8 Å². The van der Waals surface area contributed by atoms with Gasteiger partial charge in [-0.2, -0.15) is 0 Å². The van der Waals surface area contributed by atoms with Gasteiger partial charge in [0.15, 0.2) is 0 Å². The zero-order chi connectivity index (χ0) is 24.2. The number of amides is 2. The lowest BCUT2D eigenvalue weighted by Gasteiger charge is -2.56. The molecule has 0 aliphatic heterocycles. The Hall–Kier alpha value is -1.99. The summed E-state index contributed by atoms with van der Waals surface area (Å²) >= 11 is 0. The summed E-state index contributed by atoms with van der Waals surface area (Å²) in [7, 11) is 3.41. The lowest BCUT2D eigenvalue weighted by atomic mass is 9.51. The summed E-state index contributed by atoms with van der Waals surface area (Å²) in [5.41, 5.74) is 1.03. The van der Waals surface area contributed by atoms with Crippen molar-refractivity contribution >= 4 is 11.8 Å². The first-order valence-corrected chi connectivity index (χ1v) is 12.3. The van der Waals surface area contributed by atoms with Crippen LogP contribution in [0.1, 0.15) is 58.4 Å². The van der Waals surface area contributed by atoms with Crippen molar-refractivity contribution in [3.63, 3.8) is 0 Å². The molecule has 2 amide bonds. The third kappa shape index (κ3) is 5.75. The number of aliphatic hydroxyl groups excluding tert-OH is 1. The molecule has 0 spiro atoms. The molecule has 33 heavy (non-hydrogen) atoms. The van der Waals surface area contributed by atoms with Crippen LogP contribution in [0, 0.1) is 29.1 Å². The Kier molecular flexibility index (Phi) is 8.51. The predicted molar refractivity (Wildman–Crippen MR) is 127 cm³/mol. The molecule has 3 rings (SSSR count). The van der Waals surface area contributed by atoms with E-state index in [1.165, 1.54) is 0 Å².